The van der Waals surface area contributed by atoms with E-state index < -0.39 is 0 Å². The van der Waals surface area contributed by atoms with Crippen LogP contribution in [0.5, 0.6) is 0 Å². The Morgan fingerprint density at radius 2 is 0.878 bits per heavy atom. The molecule has 0 bridgehead atoms. The van der Waals surface area contributed by atoms with Crippen molar-refractivity contribution >= 4 is 34.0 Å². The molecule has 7 rings (SSSR count). The molecular weight excluding hydrogens is 500 g/mol. The third kappa shape index (κ3) is 4.52. The van der Waals surface area contributed by atoms with E-state index in [2.05, 4.69) is 121 Å². The van der Waals surface area contributed by atoms with Crippen molar-refractivity contribution in [3.63, 3.8) is 0 Å². The minimum absolute atomic E-state index is 0.640. The van der Waals surface area contributed by atoms with Gasteiger partial charge in [0.05, 0.1) is 11.0 Å². The topological polar surface area (TPSA) is 32.3 Å². The summed E-state index contributed by atoms with van der Waals surface area (Å²) in [5, 5.41) is 0. The number of fused-ring (bicyclic) bond motifs is 2. The summed E-state index contributed by atoms with van der Waals surface area (Å²) in [7, 11) is 0. The van der Waals surface area contributed by atoms with Gasteiger partial charge in [-0.05, 0) is 82.6 Å². The van der Waals surface area contributed by atoms with E-state index in [0.29, 0.717) is 6.67 Å². The number of nitrogens with zero attached hydrogens (tertiary/aromatic N) is 4. The molecule has 0 saturated carbocycles. The first-order valence-corrected chi connectivity index (χ1v) is 14.4. The summed E-state index contributed by atoms with van der Waals surface area (Å²) in [4.78, 5) is 14.8. The zero-order valence-electron chi connectivity index (χ0n) is 23.5. The Kier molecular flexibility index (Phi) is 6.44. The summed E-state index contributed by atoms with van der Waals surface area (Å²) in [6.07, 6.45) is 2.02. The molecule has 0 spiro atoms. The van der Waals surface area contributed by atoms with E-state index in [9.17, 15) is 0 Å². The van der Waals surface area contributed by atoms with Crippen LogP contribution in [0.4, 0.5) is 23.0 Å². The van der Waals surface area contributed by atoms with E-state index in [1.807, 2.05) is 24.3 Å². The molecule has 4 heteroatoms. The summed E-state index contributed by atoms with van der Waals surface area (Å²) in [6, 6.07) is 43.1. The standard InChI is InChI=1S/C37H32N4/c1-3-26-11-5-7-13-32(26)28-17-21-30(22-18-28)40-25-41(37-36(40)38-34-15-9-10-16-35(34)39-37)31-23-19-29(20-24-31)33-14-8-6-12-27(33)4-2/h5-24H,3-4,25H2,1-2H3. The third-order valence-electron chi connectivity index (χ3n) is 8.11. The lowest BCUT2D eigenvalue weighted by atomic mass is 9.98. The Hall–Kier alpha value is -4.96. The lowest BCUT2D eigenvalue weighted by Gasteiger charge is -2.21. The Morgan fingerprint density at radius 3 is 1.29 bits per heavy atom. The van der Waals surface area contributed by atoms with E-state index in [4.69, 9.17) is 9.97 Å². The summed E-state index contributed by atoms with van der Waals surface area (Å²) in [5.74, 6) is 1.76. The smallest absolute Gasteiger partial charge is 0.179 e. The van der Waals surface area contributed by atoms with Gasteiger partial charge in [-0.15, -0.1) is 0 Å². The van der Waals surface area contributed by atoms with Crippen molar-refractivity contribution in [2.24, 2.45) is 0 Å². The van der Waals surface area contributed by atoms with Crippen LogP contribution in [0.3, 0.4) is 0 Å². The van der Waals surface area contributed by atoms with Gasteiger partial charge in [0.15, 0.2) is 11.6 Å². The zero-order valence-corrected chi connectivity index (χ0v) is 23.5. The average Bonchev–Trinajstić information content (AvgIpc) is 3.42. The fourth-order valence-electron chi connectivity index (χ4n) is 5.89. The molecule has 0 N–H and O–H groups in total. The van der Waals surface area contributed by atoms with Crippen LogP contribution < -0.4 is 9.80 Å². The van der Waals surface area contributed by atoms with Crippen LogP contribution >= 0.6 is 0 Å². The highest BCUT2D eigenvalue weighted by atomic mass is 15.4. The van der Waals surface area contributed by atoms with Gasteiger partial charge in [-0.25, -0.2) is 9.97 Å². The van der Waals surface area contributed by atoms with E-state index in [0.717, 1.165) is 46.9 Å². The van der Waals surface area contributed by atoms with E-state index in [1.165, 1.54) is 33.4 Å². The maximum atomic E-state index is 5.11. The van der Waals surface area contributed by atoms with Gasteiger partial charge < -0.3 is 9.80 Å². The molecule has 0 unspecified atom stereocenters. The molecule has 0 atom stereocenters. The predicted molar refractivity (Wildman–Crippen MR) is 171 cm³/mol. The van der Waals surface area contributed by atoms with Crippen LogP contribution in [0, 0.1) is 0 Å². The number of hydrogen-bond acceptors (Lipinski definition) is 4. The fraction of sp³-hybridized carbons (Fsp3) is 0.135. The highest BCUT2D eigenvalue weighted by Gasteiger charge is 2.31. The van der Waals surface area contributed by atoms with E-state index in [-0.39, 0.29) is 0 Å². The normalized spacial score (nSPS) is 12.6. The maximum absolute atomic E-state index is 5.11. The van der Waals surface area contributed by atoms with E-state index in [1.54, 1.807) is 0 Å². The van der Waals surface area contributed by atoms with Crippen molar-refractivity contribution in [1.82, 2.24) is 9.97 Å². The van der Waals surface area contributed by atoms with Gasteiger partial charge in [0.25, 0.3) is 0 Å². The fourth-order valence-corrected chi connectivity index (χ4v) is 5.89. The van der Waals surface area contributed by atoms with Crippen molar-refractivity contribution in [2.45, 2.75) is 26.7 Å². The van der Waals surface area contributed by atoms with Gasteiger partial charge in [0, 0.05) is 11.4 Å². The molecule has 1 aliphatic rings. The molecule has 41 heavy (non-hydrogen) atoms. The minimum atomic E-state index is 0.640. The lowest BCUT2D eigenvalue weighted by Crippen LogP contribution is -2.24. The Bertz CT molecular complexity index is 1710. The first-order chi connectivity index (χ1) is 20.2. The molecular formula is C37H32N4. The average molecular weight is 533 g/mol. The van der Waals surface area contributed by atoms with Gasteiger partial charge in [-0.2, -0.15) is 0 Å². The quantitative estimate of drug-likeness (QED) is 0.214. The van der Waals surface area contributed by atoms with Gasteiger partial charge >= 0.3 is 0 Å². The SMILES string of the molecule is CCc1ccccc1-c1ccc(N2CN(c3ccc(-c4ccccc4CC)cc3)c3nc4ccccc4nc32)cc1. The molecule has 0 aliphatic carbocycles. The molecule has 0 saturated heterocycles. The van der Waals surface area contributed by atoms with Crippen molar-refractivity contribution in [3.8, 4) is 22.3 Å². The third-order valence-corrected chi connectivity index (χ3v) is 8.11. The number of aromatic nitrogens is 2. The Balaban J connectivity index is 1.27. The molecule has 4 nitrogen and oxygen atoms in total. The lowest BCUT2D eigenvalue weighted by molar-refractivity contribution is 0.977. The van der Waals surface area contributed by atoms with Crippen molar-refractivity contribution in [2.75, 3.05) is 16.5 Å². The van der Waals surface area contributed by atoms with Crippen molar-refractivity contribution in [1.29, 1.82) is 0 Å². The molecule has 1 aromatic heterocycles. The van der Waals surface area contributed by atoms with Crippen molar-refractivity contribution in [3.05, 3.63) is 132 Å². The number of anilines is 4. The molecule has 0 fully saturated rings. The summed E-state index contributed by atoms with van der Waals surface area (Å²) in [5.41, 5.74) is 11.8. The van der Waals surface area contributed by atoms with Crippen molar-refractivity contribution < 1.29 is 0 Å². The molecule has 200 valence electrons. The second kappa shape index (κ2) is 10.5. The summed E-state index contributed by atoms with van der Waals surface area (Å²) >= 11 is 0. The Morgan fingerprint density at radius 1 is 0.488 bits per heavy atom. The highest BCUT2D eigenvalue weighted by molar-refractivity contribution is 5.89. The number of rotatable bonds is 6. The molecule has 2 heterocycles. The molecule has 1 aliphatic heterocycles. The summed E-state index contributed by atoms with van der Waals surface area (Å²) < 4.78 is 0. The van der Waals surface area contributed by atoms with Crippen LogP contribution in [0.15, 0.2) is 121 Å². The largest absolute Gasteiger partial charge is 0.305 e. The summed E-state index contributed by atoms with van der Waals surface area (Å²) in [6.45, 7) is 5.06. The van der Waals surface area contributed by atoms with Gasteiger partial charge in [0.1, 0.15) is 6.67 Å². The second-order valence-electron chi connectivity index (χ2n) is 10.5. The molecule has 0 amide bonds. The van der Waals surface area contributed by atoms with Crippen LogP contribution in [-0.4, -0.2) is 16.6 Å². The molecule has 6 aromatic rings. The van der Waals surface area contributed by atoms with Crippen LogP contribution in [-0.2, 0) is 12.8 Å². The van der Waals surface area contributed by atoms with Crippen LogP contribution in [0.25, 0.3) is 33.3 Å². The minimum Gasteiger partial charge on any atom is -0.305 e. The number of aryl methyl sites for hydroxylation is 2. The predicted octanol–water partition coefficient (Wildman–Crippen LogP) is 9.34. The number of benzene rings is 5. The maximum Gasteiger partial charge on any atom is 0.179 e. The van der Waals surface area contributed by atoms with Crippen LogP contribution in [0.2, 0.25) is 0 Å². The molecule has 5 aromatic carbocycles. The highest BCUT2D eigenvalue weighted by Crippen LogP contribution is 2.43. The monoisotopic (exact) mass is 532 g/mol. The van der Waals surface area contributed by atoms with E-state index >= 15 is 0 Å². The first kappa shape index (κ1) is 25.0. The zero-order chi connectivity index (χ0) is 27.8. The molecule has 0 radical (unpaired) electrons. The number of hydrogen-bond donors (Lipinski definition) is 0. The second-order valence-corrected chi connectivity index (χ2v) is 10.5. The van der Waals surface area contributed by atoms with Gasteiger partial charge in [0.2, 0.25) is 0 Å². The first-order valence-electron chi connectivity index (χ1n) is 14.4. The Labute approximate surface area is 241 Å². The van der Waals surface area contributed by atoms with Crippen LogP contribution in [0.1, 0.15) is 25.0 Å². The number of para-hydroxylation sites is 2. The van der Waals surface area contributed by atoms with Gasteiger partial charge in [-0.1, -0.05) is 98.8 Å². The van der Waals surface area contributed by atoms with Gasteiger partial charge in [-0.3, -0.25) is 0 Å².